The van der Waals surface area contributed by atoms with E-state index in [2.05, 4.69) is 10.3 Å². The number of sulfonamides is 1. The van der Waals surface area contributed by atoms with Gasteiger partial charge in [-0.3, -0.25) is 4.79 Å². The smallest absolute Gasteiger partial charge is 0.238 e. The number of thioether (sulfide) groups is 1. The number of carbonyl (C=O) groups is 1. The first-order valence-electron chi connectivity index (χ1n) is 7.51. The van der Waals surface area contributed by atoms with Crippen LogP contribution in [0.3, 0.4) is 0 Å². The van der Waals surface area contributed by atoms with Crippen LogP contribution in [0.15, 0.2) is 52.4 Å². The minimum atomic E-state index is -3.77. The predicted molar refractivity (Wildman–Crippen MR) is 101 cm³/mol. The summed E-state index contributed by atoms with van der Waals surface area (Å²) < 4.78 is 22.8. The van der Waals surface area contributed by atoms with Crippen LogP contribution in [0, 0.1) is 11.3 Å². The SMILES string of the molecule is N#Cc1ccc(NC(=O)CSC2=Nc3cc(S(N)(=O)=O)ccc3C2)cc1. The minimum Gasteiger partial charge on any atom is -0.325 e. The van der Waals surface area contributed by atoms with Gasteiger partial charge in [-0.1, -0.05) is 6.07 Å². The molecule has 7 nitrogen and oxygen atoms in total. The third kappa shape index (κ3) is 4.29. The normalized spacial score (nSPS) is 12.8. The van der Waals surface area contributed by atoms with Crippen LogP contribution in [0.5, 0.6) is 0 Å². The van der Waals surface area contributed by atoms with Crippen LogP contribution in [-0.4, -0.2) is 25.1 Å². The molecule has 1 aliphatic heterocycles. The van der Waals surface area contributed by atoms with E-state index in [0.29, 0.717) is 23.4 Å². The molecule has 2 aromatic rings. The fourth-order valence-corrected chi connectivity index (χ4v) is 3.69. The van der Waals surface area contributed by atoms with Gasteiger partial charge < -0.3 is 5.32 Å². The van der Waals surface area contributed by atoms with E-state index in [1.54, 1.807) is 30.3 Å². The molecule has 0 aliphatic carbocycles. The summed E-state index contributed by atoms with van der Waals surface area (Å²) >= 11 is 1.29. The fourth-order valence-electron chi connectivity index (χ4n) is 2.37. The maximum absolute atomic E-state index is 12.0. The van der Waals surface area contributed by atoms with Gasteiger partial charge >= 0.3 is 0 Å². The monoisotopic (exact) mass is 386 g/mol. The number of carbonyl (C=O) groups excluding carboxylic acids is 1. The van der Waals surface area contributed by atoms with Gasteiger partial charge in [-0.05, 0) is 42.0 Å². The van der Waals surface area contributed by atoms with Gasteiger partial charge in [0.25, 0.3) is 0 Å². The number of nitrogens with zero attached hydrogens (tertiary/aromatic N) is 2. The summed E-state index contributed by atoms with van der Waals surface area (Å²) in [6, 6.07) is 13.2. The van der Waals surface area contributed by atoms with Crippen LogP contribution in [0.2, 0.25) is 0 Å². The van der Waals surface area contributed by atoms with Crippen molar-refractivity contribution in [2.45, 2.75) is 11.3 Å². The molecule has 0 bridgehead atoms. The Morgan fingerprint density at radius 3 is 2.65 bits per heavy atom. The van der Waals surface area contributed by atoms with Crippen molar-refractivity contribution < 1.29 is 13.2 Å². The lowest BCUT2D eigenvalue weighted by Gasteiger charge is -2.05. The summed E-state index contributed by atoms with van der Waals surface area (Å²) in [4.78, 5) is 16.4. The Morgan fingerprint density at radius 2 is 2.00 bits per heavy atom. The number of hydrogen-bond donors (Lipinski definition) is 2. The van der Waals surface area contributed by atoms with Gasteiger partial charge in [0.05, 0.1) is 33.0 Å². The molecule has 3 rings (SSSR count). The average molecular weight is 386 g/mol. The van der Waals surface area contributed by atoms with E-state index in [1.807, 2.05) is 6.07 Å². The van der Waals surface area contributed by atoms with Crippen LogP contribution >= 0.6 is 11.8 Å². The third-order valence-corrected chi connectivity index (χ3v) is 5.53. The number of fused-ring (bicyclic) bond motifs is 1. The van der Waals surface area contributed by atoms with Crippen molar-refractivity contribution in [2.24, 2.45) is 10.1 Å². The number of rotatable bonds is 4. The van der Waals surface area contributed by atoms with Gasteiger partial charge in [-0.25, -0.2) is 18.5 Å². The number of benzene rings is 2. The Kier molecular flexibility index (Phi) is 5.08. The van der Waals surface area contributed by atoms with Gasteiger partial charge in [0.2, 0.25) is 15.9 Å². The highest BCUT2D eigenvalue weighted by atomic mass is 32.2. The van der Waals surface area contributed by atoms with E-state index in [1.165, 1.54) is 23.9 Å². The maximum Gasteiger partial charge on any atom is 0.238 e. The van der Waals surface area contributed by atoms with Crippen LogP contribution in [0.4, 0.5) is 11.4 Å². The third-order valence-electron chi connectivity index (χ3n) is 3.64. The summed E-state index contributed by atoms with van der Waals surface area (Å²) in [6.07, 6.45) is 0.551. The highest BCUT2D eigenvalue weighted by Gasteiger charge is 2.19. The lowest BCUT2D eigenvalue weighted by molar-refractivity contribution is -0.113. The zero-order valence-corrected chi connectivity index (χ0v) is 15.1. The molecule has 3 N–H and O–H groups in total. The summed E-state index contributed by atoms with van der Waals surface area (Å²) in [7, 11) is -3.77. The Morgan fingerprint density at radius 1 is 1.27 bits per heavy atom. The van der Waals surface area contributed by atoms with Gasteiger partial charge in [0.1, 0.15) is 0 Å². The Hall–Kier alpha value is -2.67. The van der Waals surface area contributed by atoms with Crippen molar-refractivity contribution in [1.29, 1.82) is 5.26 Å². The van der Waals surface area contributed by atoms with Gasteiger partial charge in [0.15, 0.2) is 0 Å². The Labute approximate surface area is 155 Å². The van der Waals surface area contributed by atoms with Gasteiger partial charge in [0, 0.05) is 12.1 Å². The van der Waals surface area contributed by atoms with E-state index in [0.717, 1.165) is 10.6 Å². The van der Waals surface area contributed by atoms with E-state index >= 15 is 0 Å². The van der Waals surface area contributed by atoms with Crippen molar-refractivity contribution in [1.82, 2.24) is 0 Å². The number of hydrogen-bond acceptors (Lipinski definition) is 6. The summed E-state index contributed by atoms with van der Waals surface area (Å²) in [6.45, 7) is 0. The molecule has 1 amide bonds. The molecular formula is C17H14N4O3S2. The van der Waals surface area contributed by atoms with Gasteiger partial charge in [-0.2, -0.15) is 5.26 Å². The first-order chi connectivity index (χ1) is 12.3. The summed E-state index contributed by atoms with van der Waals surface area (Å²) in [5.41, 5.74) is 2.59. The van der Waals surface area contributed by atoms with Crippen LogP contribution in [0.1, 0.15) is 11.1 Å². The molecule has 26 heavy (non-hydrogen) atoms. The molecule has 0 unspecified atom stereocenters. The van der Waals surface area contributed by atoms with Crippen LogP contribution in [0.25, 0.3) is 0 Å². The Balaban J connectivity index is 1.59. The molecule has 1 aliphatic rings. The standard InChI is InChI=1S/C17H14N4O3S2/c18-9-11-1-4-13(5-2-11)20-16(22)10-25-17-7-12-3-6-14(26(19,23)24)8-15(12)21-17/h1-6,8H,7,10H2,(H,20,22)(H2,19,23,24). The number of nitrogens with one attached hydrogen (secondary N) is 1. The van der Waals surface area contributed by atoms with Crippen molar-refractivity contribution in [3.63, 3.8) is 0 Å². The molecule has 0 radical (unpaired) electrons. The highest BCUT2D eigenvalue weighted by Crippen LogP contribution is 2.32. The molecule has 0 atom stereocenters. The molecular weight excluding hydrogens is 372 g/mol. The number of aliphatic imine (C=N–C) groups is 1. The number of nitrogens with two attached hydrogens (primary N) is 1. The number of nitriles is 1. The molecule has 0 fully saturated rings. The molecule has 0 saturated carbocycles. The van der Waals surface area contributed by atoms with E-state index in [9.17, 15) is 13.2 Å². The molecule has 1 heterocycles. The molecule has 2 aromatic carbocycles. The zero-order valence-electron chi connectivity index (χ0n) is 13.5. The van der Waals surface area contributed by atoms with E-state index in [-0.39, 0.29) is 16.6 Å². The van der Waals surface area contributed by atoms with Crippen molar-refractivity contribution in [2.75, 3.05) is 11.1 Å². The van der Waals surface area contributed by atoms with Crippen molar-refractivity contribution >= 4 is 44.1 Å². The second-order valence-electron chi connectivity index (χ2n) is 5.54. The summed E-state index contributed by atoms with van der Waals surface area (Å²) in [5, 5.41) is 17.4. The van der Waals surface area contributed by atoms with Crippen molar-refractivity contribution in [3.05, 3.63) is 53.6 Å². The Bertz CT molecular complexity index is 1040. The minimum absolute atomic E-state index is 0.0183. The first-order valence-corrected chi connectivity index (χ1v) is 10.0. The molecule has 0 aromatic heterocycles. The molecule has 132 valence electrons. The van der Waals surface area contributed by atoms with Crippen LogP contribution < -0.4 is 10.5 Å². The van der Waals surface area contributed by atoms with Gasteiger partial charge in [-0.15, -0.1) is 11.8 Å². The van der Waals surface area contributed by atoms with Crippen LogP contribution in [-0.2, 0) is 21.2 Å². The topological polar surface area (TPSA) is 125 Å². The largest absolute Gasteiger partial charge is 0.325 e. The average Bonchev–Trinajstić information content (AvgIpc) is 3.02. The summed E-state index contributed by atoms with van der Waals surface area (Å²) in [5.74, 6) is -0.0157. The molecule has 0 spiro atoms. The second kappa shape index (κ2) is 7.29. The lowest BCUT2D eigenvalue weighted by atomic mass is 10.2. The fraction of sp³-hybridized carbons (Fsp3) is 0.118. The lowest BCUT2D eigenvalue weighted by Crippen LogP contribution is -2.15. The van der Waals surface area contributed by atoms with Crippen molar-refractivity contribution in [3.8, 4) is 6.07 Å². The van der Waals surface area contributed by atoms with E-state index < -0.39 is 10.0 Å². The first kappa shape index (κ1) is 18.1. The number of amides is 1. The quantitative estimate of drug-likeness (QED) is 0.833. The van der Waals surface area contributed by atoms with E-state index in [4.69, 9.17) is 10.4 Å². The number of anilines is 1. The maximum atomic E-state index is 12.0. The predicted octanol–water partition coefficient (Wildman–Crippen LogP) is 2.16. The zero-order chi connectivity index (χ0) is 18.7. The highest BCUT2D eigenvalue weighted by molar-refractivity contribution is 8.14. The molecule has 0 saturated heterocycles. The molecule has 9 heteroatoms. The second-order valence-corrected chi connectivity index (χ2v) is 8.15. The number of primary sulfonamides is 1.